The Kier molecular flexibility index (Phi) is 4.43. The third-order valence-electron chi connectivity index (χ3n) is 9.48. The van der Waals surface area contributed by atoms with Crippen LogP contribution in [-0.2, 0) is 0 Å². The third kappa shape index (κ3) is 3.10. The Bertz CT molecular complexity index is 2900. The summed E-state index contributed by atoms with van der Waals surface area (Å²) in [6.07, 6.45) is 1.99. The number of benzene rings is 6. The van der Waals surface area contributed by atoms with Crippen LogP contribution in [0.3, 0.4) is 0 Å². The first kappa shape index (κ1) is 23.6. The van der Waals surface area contributed by atoms with Crippen molar-refractivity contribution in [2.75, 3.05) is 0 Å². The predicted molar refractivity (Wildman–Crippen MR) is 191 cm³/mol. The number of fused-ring (bicyclic) bond motifs is 3. The van der Waals surface area contributed by atoms with Crippen molar-refractivity contribution >= 4 is 108 Å². The zero-order chi connectivity index (χ0) is 29.2. The second kappa shape index (κ2) is 8.44. The van der Waals surface area contributed by atoms with Gasteiger partial charge in [0.05, 0.1) is 32.3 Å². The molecule has 6 heterocycles. The van der Waals surface area contributed by atoms with Crippen LogP contribution in [-0.4, -0.2) is 18.8 Å². The molecule has 0 saturated heterocycles. The molecule has 0 aliphatic carbocycles. The number of hydrogen-bond acceptors (Lipinski definition) is 3. The number of rotatable bonds is 0. The molecule has 45 heavy (non-hydrogen) atoms. The quantitative estimate of drug-likeness (QED) is 0.176. The van der Waals surface area contributed by atoms with Crippen molar-refractivity contribution in [2.24, 2.45) is 0 Å². The minimum Gasteiger partial charge on any atom is -0.309 e. The Morgan fingerprint density at radius 2 is 1.09 bits per heavy atom. The fraction of sp³-hybridized carbons (Fsp3) is 0. The summed E-state index contributed by atoms with van der Waals surface area (Å²) in [6, 6.07) is 46.6. The van der Waals surface area contributed by atoms with Crippen molar-refractivity contribution < 1.29 is 0 Å². The van der Waals surface area contributed by atoms with Crippen LogP contribution in [0.25, 0.3) is 96.8 Å². The lowest BCUT2D eigenvalue weighted by Gasteiger charge is -2.03. The first-order valence-corrected chi connectivity index (χ1v) is 16.0. The Hall–Kier alpha value is -5.78. The lowest BCUT2D eigenvalue weighted by atomic mass is 10.1. The van der Waals surface area contributed by atoms with Crippen molar-refractivity contribution in [3.63, 3.8) is 0 Å². The average molecular weight is 591 g/mol. The van der Waals surface area contributed by atoms with E-state index < -0.39 is 0 Å². The van der Waals surface area contributed by atoms with Gasteiger partial charge in [-0.1, -0.05) is 66.7 Å². The van der Waals surface area contributed by atoms with Gasteiger partial charge in [0.1, 0.15) is 0 Å². The second-order valence-electron chi connectivity index (χ2n) is 11.9. The van der Waals surface area contributed by atoms with Crippen molar-refractivity contribution in [1.82, 2.24) is 18.8 Å². The molecular formula is C40H22N4S. The van der Waals surface area contributed by atoms with Crippen LogP contribution in [0.2, 0.25) is 0 Å². The first-order chi connectivity index (χ1) is 22.3. The van der Waals surface area contributed by atoms with Crippen molar-refractivity contribution in [3.8, 4) is 0 Å². The minimum absolute atomic E-state index is 0.740. The summed E-state index contributed by atoms with van der Waals surface area (Å²) < 4.78 is 7.15. The highest BCUT2D eigenvalue weighted by atomic mass is 32.1. The molecule has 208 valence electrons. The summed E-state index contributed by atoms with van der Waals surface area (Å²) in [4.78, 5) is 10.0. The lowest BCUT2D eigenvalue weighted by molar-refractivity contribution is 1.32. The SMILES string of the molecule is c1ccc2c(c1)c1c3c4ccccc4n4c5cccc(c5)c5ncc6sc7ccc(cc7c6n5)c5cccc(c5)n2c1ccc34. The molecule has 0 radical (unpaired) electrons. The Labute approximate surface area is 259 Å². The summed E-state index contributed by atoms with van der Waals surface area (Å²) in [6.45, 7) is 0. The summed E-state index contributed by atoms with van der Waals surface area (Å²) in [5.41, 5.74) is 8.76. The fourth-order valence-corrected chi connectivity index (χ4v) is 8.56. The molecule has 0 amide bonds. The Morgan fingerprint density at radius 1 is 0.467 bits per heavy atom. The van der Waals surface area contributed by atoms with Crippen LogP contribution in [0.4, 0.5) is 0 Å². The molecule has 0 saturated carbocycles. The standard InChI is InChI=1S/C40H22N4S/c1-3-13-31-28(11-1)37-33-16-17-34-38(37)29-12-2-4-14-32(29)44(34)27-10-6-8-25(20-27)40-41-22-36-39(42-40)30-21-24(15-18-35(30)45-36)23-7-5-9-26(19-23)43(31)33/h1-22H. The van der Waals surface area contributed by atoms with Crippen LogP contribution in [0, 0.1) is 0 Å². The van der Waals surface area contributed by atoms with E-state index in [2.05, 4.69) is 136 Å². The van der Waals surface area contributed by atoms with E-state index in [4.69, 9.17) is 9.97 Å². The van der Waals surface area contributed by atoms with Gasteiger partial charge in [0.25, 0.3) is 0 Å². The van der Waals surface area contributed by atoms with E-state index in [1.807, 2.05) is 6.20 Å². The molecule has 12 aromatic rings. The zero-order valence-corrected chi connectivity index (χ0v) is 24.7. The van der Waals surface area contributed by atoms with E-state index in [9.17, 15) is 0 Å². The van der Waals surface area contributed by atoms with Gasteiger partial charge in [0.2, 0.25) is 0 Å². The number of para-hydroxylation sites is 2. The molecule has 0 unspecified atom stereocenters. The molecule has 6 aromatic heterocycles. The zero-order valence-electron chi connectivity index (χ0n) is 23.9. The summed E-state index contributed by atoms with van der Waals surface area (Å²) in [7, 11) is 0. The summed E-state index contributed by atoms with van der Waals surface area (Å²) >= 11 is 1.75. The van der Waals surface area contributed by atoms with E-state index in [1.165, 1.54) is 64.5 Å². The molecule has 4 nitrogen and oxygen atoms in total. The van der Waals surface area contributed by atoms with Crippen LogP contribution in [0.15, 0.2) is 134 Å². The Morgan fingerprint density at radius 3 is 1.80 bits per heavy atom. The van der Waals surface area contributed by atoms with Crippen LogP contribution in [0.5, 0.6) is 0 Å². The van der Waals surface area contributed by atoms with E-state index in [-0.39, 0.29) is 0 Å². The van der Waals surface area contributed by atoms with Gasteiger partial charge in [-0.2, -0.15) is 0 Å². The van der Waals surface area contributed by atoms with E-state index in [0.717, 1.165) is 32.3 Å². The lowest BCUT2D eigenvalue weighted by Crippen LogP contribution is -1.87. The first-order valence-electron chi connectivity index (χ1n) is 15.2. The molecule has 0 N–H and O–H groups in total. The van der Waals surface area contributed by atoms with Gasteiger partial charge in [-0.15, -0.1) is 11.3 Å². The second-order valence-corrected chi connectivity index (χ2v) is 13.0. The van der Waals surface area contributed by atoms with Crippen LogP contribution in [0.1, 0.15) is 0 Å². The largest absolute Gasteiger partial charge is 0.309 e. The molecule has 6 aromatic carbocycles. The molecule has 0 atom stereocenters. The van der Waals surface area contributed by atoms with Gasteiger partial charge in [-0.05, 0) is 71.4 Å². The maximum absolute atomic E-state index is 5.19. The molecule has 5 heteroatoms. The van der Waals surface area contributed by atoms with Crippen LogP contribution < -0.4 is 0 Å². The monoisotopic (exact) mass is 590 g/mol. The normalized spacial score (nSPS) is 12.4. The number of nitrogens with zero attached hydrogens (tertiary/aromatic N) is 4. The predicted octanol–water partition coefficient (Wildman–Crippen LogP) is 10.8. The van der Waals surface area contributed by atoms with Gasteiger partial charge in [0.15, 0.2) is 5.65 Å². The van der Waals surface area contributed by atoms with Gasteiger partial charge in [-0.25, -0.2) is 9.97 Å². The van der Waals surface area contributed by atoms with Gasteiger partial charge in [-0.3, -0.25) is 0 Å². The smallest absolute Gasteiger partial charge is 0.159 e. The number of thiophene rings is 1. The number of hydrogen-bond donors (Lipinski definition) is 0. The summed E-state index contributed by atoms with van der Waals surface area (Å²) in [5.74, 6) is 0. The topological polar surface area (TPSA) is 34.6 Å². The molecular weight excluding hydrogens is 569 g/mol. The fourth-order valence-electron chi connectivity index (χ4n) is 7.56. The highest BCUT2D eigenvalue weighted by molar-refractivity contribution is 7.25. The molecule has 0 fully saturated rings. The van der Waals surface area contributed by atoms with Gasteiger partial charge < -0.3 is 8.80 Å². The average Bonchev–Trinajstić information content (AvgIpc) is 3.75. The highest BCUT2D eigenvalue weighted by Gasteiger charge is 2.18. The van der Waals surface area contributed by atoms with Gasteiger partial charge in [0, 0.05) is 54.2 Å². The van der Waals surface area contributed by atoms with Crippen molar-refractivity contribution in [2.45, 2.75) is 0 Å². The molecule has 0 aliphatic rings. The molecule has 0 aliphatic heterocycles. The number of aromatic nitrogens is 4. The molecule has 0 spiro atoms. The Balaban J connectivity index is 1.50. The maximum Gasteiger partial charge on any atom is 0.159 e. The maximum atomic E-state index is 5.19. The van der Waals surface area contributed by atoms with Gasteiger partial charge >= 0.3 is 0 Å². The van der Waals surface area contributed by atoms with Crippen molar-refractivity contribution in [3.05, 3.63) is 134 Å². The minimum atomic E-state index is 0.740. The highest BCUT2D eigenvalue weighted by Crippen LogP contribution is 2.41. The summed E-state index contributed by atoms with van der Waals surface area (Å²) in [5, 5.41) is 9.57. The van der Waals surface area contributed by atoms with E-state index in [0.29, 0.717) is 0 Å². The third-order valence-corrected chi connectivity index (χ3v) is 10.6. The van der Waals surface area contributed by atoms with Crippen molar-refractivity contribution in [1.29, 1.82) is 0 Å². The van der Waals surface area contributed by atoms with Crippen LogP contribution >= 0.6 is 11.3 Å². The molecule has 14 bridgehead atoms. The van der Waals surface area contributed by atoms with E-state index >= 15 is 0 Å². The van der Waals surface area contributed by atoms with E-state index in [1.54, 1.807) is 11.3 Å². The molecule has 12 rings (SSSR count).